The Morgan fingerprint density at radius 2 is 2.20 bits per heavy atom. The molecular weight excluding hydrogens is 224 g/mol. The third-order valence-corrected chi connectivity index (χ3v) is 2.17. The second-order valence-corrected chi connectivity index (χ2v) is 3.36. The number of carbonyl (C=O) groups excluding carboxylic acids is 1. The highest BCUT2D eigenvalue weighted by atomic mass is 35.5. The smallest absolute Gasteiger partial charge is 0.235 e. The van der Waals surface area contributed by atoms with Crippen LogP contribution >= 0.6 is 11.6 Å². The quantitative estimate of drug-likeness (QED) is 0.798. The van der Waals surface area contributed by atoms with Crippen molar-refractivity contribution < 1.29 is 13.6 Å². The molecule has 15 heavy (non-hydrogen) atoms. The molecule has 0 heterocycles. The number of rotatable bonds is 3. The largest absolute Gasteiger partial charge is 0.348 e. The van der Waals surface area contributed by atoms with Gasteiger partial charge in [0, 0.05) is 5.56 Å². The average Bonchev–Trinajstić information content (AvgIpc) is 2.21. The van der Waals surface area contributed by atoms with Gasteiger partial charge in [-0.05, 0) is 25.1 Å². The maximum atomic E-state index is 13.2. The summed E-state index contributed by atoms with van der Waals surface area (Å²) in [5, 5.41) is 2.44. The lowest BCUT2D eigenvalue weighted by atomic mass is 10.1. The molecule has 1 rings (SSSR count). The van der Waals surface area contributed by atoms with Gasteiger partial charge < -0.3 is 5.32 Å². The van der Waals surface area contributed by atoms with E-state index in [-0.39, 0.29) is 11.4 Å². The van der Waals surface area contributed by atoms with Crippen LogP contribution in [0.4, 0.5) is 8.78 Å². The molecule has 0 unspecified atom stereocenters. The molecule has 0 saturated heterocycles. The number of halogens is 3. The standard InChI is InChI=1S/C10H10ClF2NO/c1-6(14-10(15)5-11)8-4-7(12)2-3-9(8)13/h2-4,6H,5H2,1H3,(H,14,15)/t6-/m1/s1. The Balaban J connectivity index is 2.85. The molecule has 1 aromatic carbocycles. The Hall–Kier alpha value is -1.16. The van der Waals surface area contributed by atoms with Crippen molar-refractivity contribution in [2.75, 3.05) is 5.88 Å². The molecule has 0 aliphatic rings. The lowest BCUT2D eigenvalue weighted by molar-refractivity contribution is -0.119. The van der Waals surface area contributed by atoms with Crippen molar-refractivity contribution in [1.82, 2.24) is 5.32 Å². The van der Waals surface area contributed by atoms with Crippen LogP contribution in [-0.4, -0.2) is 11.8 Å². The number of hydrogen-bond acceptors (Lipinski definition) is 1. The van der Waals surface area contributed by atoms with Gasteiger partial charge in [0.05, 0.1) is 6.04 Å². The van der Waals surface area contributed by atoms with Gasteiger partial charge in [0.15, 0.2) is 0 Å². The summed E-state index contributed by atoms with van der Waals surface area (Å²) in [6.45, 7) is 1.56. The molecule has 0 aliphatic carbocycles. The molecule has 0 aromatic heterocycles. The molecule has 0 spiro atoms. The first-order valence-corrected chi connectivity index (χ1v) is 4.88. The van der Waals surface area contributed by atoms with E-state index in [0.717, 1.165) is 18.2 Å². The highest BCUT2D eigenvalue weighted by molar-refractivity contribution is 6.27. The normalized spacial score (nSPS) is 12.3. The SMILES string of the molecule is C[C@@H](NC(=O)CCl)c1cc(F)ccc1F. The van der Waals surface area contributed by atoms with Crippen LogP contribution in [0.1, 0.15) is 18.5 Å². The summed E-state index contributed by atoms with van der Waals surface area (Å²) in [4.78, 5) is 10.9. The lowest BCUT2D eigenvalue weighted by Gasteiger charge is -2.14. The van der Waals surface area contributed by atoms with Gasteiger partial charge in [-0.1, -0.05) is 0 Å². The van der Waals surface area contributed by atoms with Gasteiger partial charge >= 0.3 is 0 Å². The van der Waals surface area contributed by atoms with Crippen molar-refractivity contribution >= 4 is 17.5 Å². The highest BCUT2D eigenvalue weighted by Crippen LogP contribution is 2.17. The number of nitrogens with one attached hydrogen (secondary N) is 1. The van der Waals surface area contributed by atoms with Gasteiger partial charge in [-0.15, -0.1) is 11.6 Å². The fraction of sp³-hybridized carbons (Fsp3) is 0.300. The zero-order valence-electron chi connectivity index (χ0n) is 8.06. The van der Waals surface area contributed by atoms with Crippen molar-refractivity contribution in [1.29, 1.82) is 0 Å². The van der Waals surface area contributed by atoms with Gasteiger partial charge in [-0.3, -0.25) is 4.79 Å². The summed E-state index contributed by atoms with van der Waals surface area (Å²) in [6, 6.07) is 2.49. The van der Waals surface area contributed by atoms with Crippen LogP contribution < -0.4 is 5.32 Å². The third kappa shape index (κ3) is 3.16. The van der Waals surface area contributed by atoms with Crippen LogP contribution in [0.15, 0.2) is 18.2 Å². The number of carbonyl (C=O) groups is 1. The molecule has 0 aliphatic heterocycles. The number of benzene rings is 1. The molecule has 0 fully saturated rings. The van der Waals surface area contributed by atoms with Crippen LogP contribution in [0.5, 0.6) is 0 Å². The summed E-state index contributed by atoms with van der Waals surface area (Å²) in [6.07, 6.45) is 0. The third-order valence-electron chi connectivity index (χ3n) is 1.92. The second-order valence-electron chi connectivity index (χ2n) is 3.09. The highest BCUT2D eigenvalue weighted by Gasteiger charge is 2.13. The van der Waals surface area contributed by atoms with E-state index in [4.69, 9.17) is 11.6 Å². The summed E-state index contributed by atoms with van der Waals surface area (Å²) in [5.41, 5.74) is 0.105. The number of amides is 1. The zero-order chi connectivity index (χ0) is 11.4. The summed E-state index contributed by atoms with van der Waals surface area (Å²) in [5.74, 6) is -1.73. The molecule has 1 amide bonds. The van der Waals surface area contributed by atoms with Crippen molar-refractivity contribution in [3.8, 4) is 0 Å². The first-order valence-electron chi connectivity index (χ1n) is 4.35. The first-order chi connectivity index (χ1) is 7.04. The Labute approximate surface area is 91.2 Å². The predicted octanol–water partition coefficient (Wildman–Crippen LogP) is 2.38. The average molecular weight is 234 g/mol. The van der Waals surface area contributed by atoms with Gasteiger partial charge in [-0.2, -0.15) is 0 Å². The number of hydrogen-bond donors (Lipinski definition) is 1. The fourth-order valence-corrected chi connectivity index (χ4v) is 1.28. The van der Waals surface area contributed by atoms with Crippen LogP contribution in [-0.2, 0) is 4.79 Å². The summed E-state index contributed by atoms with van der Waals surface area (Å²) in [7, 11) is 0. The fourth-order valence-electron chi connectivity index (χ4n) is 1.20. The molecule has 1 aromatic rings. The van der Waals surface area contributed by atoms with Crippen LogP contribution in [0.25, 0.3) is 0 Å². The van der Waals surface area contributed by atoms with E-state index in [1.807, 2.05) is 0 Å². The minimum absolute atomic E-state index is 0.105. The lowest BCUT2D eigenvalue weighted by Crippen LogP contribution is -2.28. The van der Waals surface area contributed by atoms with Crippen LogP contribution in [0.2, 0.25) is 0 Å². The molecular formula is C10H10ClF2NO. The summed E-state index contributed by atoms with van der Waals surface area (Å²) >= 11 is 5.27. The predicted molar refractivity (Wildman–Crippen MR) is 53.6 cm³/mol. The molecule has 2 nitrogen and oxygen atoms in total. The molecule has 0 bridgehead atoms. The van der Waals surface area contributed by atoms with E-state index in [9.17, 15) is 13.6 Å². The maximum absolute atomic E-state index is 13.2. The van der Waals surface area contributed by atoms with E-state index in [0.29, 0.717) is 0 Å². The van der Waals surface area contributed by atoms with Crippen molar-refractivity contribution in [3.63, 3.8) is 0 Å². The monoisotopic (exact) mass is 233 g/mol. The van der Waals surface area contributed by atoms with Gasteiger partial charge in [0.25, 0.3) is 0 Å². The van der Waals surface area contributed by atoms with Gasteiger partial charge in [0.2, 0.25) is 5.91 Å². The molecule has 1 atom stereocenters. The Kier molecular flexibility index (Phi) is 4.03. The first kappa shape index (κ1) is 11.9. The molecule has 5 heteroatoms. The molecule has 82 valence electrons. The van der Waals surface area contributed by atoms with Crippen LogP contribution in [0.3, 0.4) is 0 Å². The Morgan fingerprint density at radius 1 is 1.53 bits per heavy atom. The number of alkyl halides is 1. The minimum atomic E-state index is -0.605. The summed E-state index contributed by atoms with van der Waals surface area (Å²) < 4.78 is 26.0. The minimum Gasteiger partial charge on any atom is -0.348 e. The van der Waals surface area contributed by atoms with Crippen molar-refractivity contribution in [2.24, 2.45) is 0 Å². The Bertz CT molecular complexity index is 370. The molecule has 1 N–H and O–H groups in total. The van der Waals surface area contributed by atoms with Gasteiger partial charge in [-0.25, -0.2) is 8.78 Å². The maximum Gasteiger partial charge on any atom is 0.235 e. The zero-order valence-corrected chi connectivity index (χ0v) is 8.81. The van der Waals surface area contributed by atoms with Crippen molar-refractivity contribution in [3.05, 3.63) is 35.4 Å². The van der Waals surface area contributed by atoms with Gasteiger partial charge in [0.1, 0.15) is 17.5 Å². The van der Waals surface area contributed by atoms with E-state index in [1.165, 1.54) is 0 Å². The molecule has 0 radical (unpaired) electrons. The van der Waals surface area contributed by atoms with E-state index < -0.39 is 23.6 Å². The van der Waals surface area contributed by atoms with E-state index in [2.05, 4.69) is 5.32 Å². The van der Waals surface area contributed by atoms with Crippen LogP contribution in [0, 0.1) is 11.6 Å². The second kappa shape index (κ2) is 5.07. The topological polar surface area (TPSA) is 29.1 Å². The van der Waals surface area contributed by atoms with E-state index >= 15 is 0 Å². The molecule has 0 saturated carbocycles. The Morgan fingerprint density at radius 3 is 2.80 bits per heavy atom. The van der Waals surface area contributed by atoms with E-state index in [1.54, 1.807) is 6.92 Å². The van der Waals surface area contributed by atoms with Crippen molar-refractivity contribution in [2.45, 2.75) is 13.0 Å².